The highest BCUT2D eigenvalue weighted by Crippen LogP contribution is 2.23. The van der Waals surface area contributed by atoms with Crippen LogP contribution in [0.15, 0.2) is 42.5 Å². The number of ether oxygens (including phenoxy) is 1. The lowest BCUT2D eigenvalue weighted by Gasteiger charge is -2.13. The Morgan fingerprint density at radius 3 is 2.58 bits per heavy atom. The van der Waals surface area contributed by atoms with E-state index in [9.17, 15) is 14.7 Å². The zero-order chi connectivity index (χ0) is 17.7. The van der Waals surface area contributed by atoms with Crippen LogP contribution in [0.5, 0.6) is 5.75 Å². The highest BCUT2D eigenvalue weighted by Gasteiger charge is 2.15. The third-order valence-electron chi connectivity index (χ3n) is 3.56. The predicted octanol–water partition coefficient (Wildman–Crippen LogP) is 3.62. The first kappa shape index (κ1) is 17.5. The van der Waals surface area contributed by atoms with E-state index in [0.717, 1.165) is 11.1 Å². The number of carbonyl (C=O) groups is 2. The second-order valence-electron chi connectivity index (χ2n) is 5.89. The lowest BCUT2D eigenvalue weighted by Crippen LogP contribution is -2.21. The SMILES string of the molecule is Cc1ccc(O)c(C(=O)OCC(=O)Nc2ccccc2C(C)C)c1. The molecule has 0 aliphatic rings. The standard InChI is InChI=1S/C19H21NO4/c1-12(2)14-6-4-5-7-16(14)20-18(22)11-24-19(23)15-10-13(3)8-9-17(15)21/h4-10,12,21H,11H2,1-3H3,(H,20,22). The number of rotatable bonds is 5. The topological polar surface area (TPSA) is 75.6 Å². The molecule has 24 heavy (non-hydrogen) atoms. The van der Waals surface area contributed by atoms with Gasteiger partial charge in [0, 0.05) is 5.69 Å². The van der Waals surface area contributed by atoms with Crippen LogP contribution < -0.4 is 5.32 Å². The lowest BCUT2D eigenvalue weighted by atomic mass is 10.0. The molecule has 0 aliphatic carbocycles. The molecular formula is C19H21NO4. The van der Waals surface area contributed by atoms with E-state index in [4.69, 9.17) is 4.74 Å². The number of aromatic hydroxyl groups is 1. The van der Waals surface area contributed by atoms with E-state index in [1.807, 2.05) is 32.0 Å². The van der Waals surface area contributed by atoms with Crippen molar-refractivity contribution in [2.24, 2.45) is 0 Å². The minimum absolute atomic E-state index is 0.0466. The highest BCUT2D eigenvalue weighted by atomic mass is 16.5. The highest BCUT2D eigenvalue weighted by molar-refractivity contribution is 5.97. The van der Waals surface area contributed by atoms with Gasteiger partial charge in [0.2, 0.25) is 0 Å². The molecule has 126 valence electrons. The molecule has 0 heterocycles. The van der Waals surface area contributed by atoms with Crippen LogP contribution in [0.1, 0.15) is 41.3 Å². The zero-order valence-corrected chi connectivity index (χ0v) is 14.0. The second kappa shape index (κ2) is 7.64. The van der Waals surface area contributed by atoms with Crippen LogP contribution in [-0.4, -0.2) is 23.6 Å². The van der Waals surface area contributed by atoms with Gasteiger partial charge in [-0.05, 0) is 36.6 Å². The van der Waals surface area contributed by atoms with E-state index in [0.29, 0.717) is 5.69 Å². The molecule has 2 aromatic carbocycles. The molecule has 0 saturated heterocycles. The van der Waals surface area contributed by atoms with E-state index in [1.165, 1.54) is 12.1 Å². The van der Waals surface area contributed by atoms with E-state index in [-0.39, 0.29) is 17.2 Å². The Balaban J connectivity index is 1.99. The van der Waals surface area contributed by atoms with Crippen molar-refractivity contribution in [1.82, 2.24) is 0 Å². The molecule has 0 aromatic heterocycles. The number of esters is 1. The molecule has 0 bridgehead atoms. The minimum Gasteiger partial charge on any atom is -0.507 e. The van der Waals surface area contributed by atoms with Crippen molar-refractivity contribution in [3.63, 3.8) is 0 Å². The Labute approximate surface area is 141 Å². The van der Waals surface area contributed by atoms with Crippen molar-refractivity contribution >= 4 is 17.6 Å². The van der Waals surface area contributed by atoms with Crippen LogP contribution in [0.25, 0.3) is 0 Å². The van der Waals surface area contributed by atoms with Gasteiger partial charge in [0.25, 0.3) is 5.91 Å². The fraction of sp³-hybridized carbons (Fsp3) is 0.263. The zero-order valence-electron chi connectivity index (χ0n) is 14.0. The fourth-order valence-corrected chi connectivity index (χ4v) is 2.32. The van der Waals surface area contributed by atoms with Gasteiger partial charge in [-0.1, -0.05) is 43.7 Å². The number of aryl methyl sites for hydroxylation is 1. The Morgan fingerprint density at radius 1 is 1.17 bits per heavy atom. The van der Waals surface area contributed by atoms with Crippen LogP contribution in [0.4, 0.5) is 5.69 Å². The molecule has 0 fully saturated rings. The van der Waals surface area contributed by atoms with Crippen molar-refractivity contribution in [2.75, 3.05) is 11.9 Å². The van der Waals surface area contributed by atoms with Gasteiger partial charge >= 0.3 is 5.97 Å². The first-order valence-electron chi connectivity index (χ1n) is 7.74. The second-order valence-corrected chi connectivity index (χ2v) is 5.89. The normalized spacial score (nSPS) is 10.5. The Kier molecular flexibility index (Phi) is 5.58. The fourth-order valence-electron chi connectivity index (χ4n) is 2.32. The number of anilines is 1. The summed E-state index contributed by atoms with van der Waals surface area (Å²) in [6.45, 7) is 5.45. The van der Waals surface area contributed by atoms with Crippen molar-refractivity contribution < 1.29 is 19.4 Å². The van der Waals surface area contributed by atoms with Crippen molar-refractivity contribution in [3.8, 4) is 5.75 Å². The largest absolute Gasteiger partial charge is 0.507 e. The average molecular weight is 327 g/mol. The van der Waals surface area contributed by atoms with Gasteiger partial charge in [0.1, 0.15) is 11.3 Å². The molecule has 0 saturated carbocycles. The van der Waals surface area contributed by atoms with Crippen LogP contribution in [0.2, 0.25) is 0 Å². The van der Waals surface area contributed by atoms with E-state index in [2.05, 4.69) is 5.32 Å². The number of phenolic OH excluding ortho intramolecular Hbond substituents is 1. The third-order valence-corrected chi connectivity index (χ3v) is 3.56. The maximum Gasteiger partial charge on any atom is 0.342 e. The van der Waals surface area contributed by atoms with Crippen LogP contribution in [0.3, 0.4) is 0 Å². The number of phenols is 1. The molecule has 2 aromatic rings. The smallest absolute Gasteiger partial charge is 0.342 e. The summed E-state index contributed by atoms with van der Waals surface area (Å²) in [5, 5.41) is 12.4. The predicted molar refractivity (Wildman–Crippen MR) is 92.3 cm³/mol. The molecule has 0 radical (unpaired) electrons. The van der Waals surface area contributed by atoms with Gasteiger partial charge in [-0.3, -0.25) is 4.79 Å². The Hall–Kier alpha value is -2.82. The maximum absolute atomic E-state index is 12.0. The van der Waals surface area contributed by atoms with E-state index < -0.39 is 18.5 Å². The van der Waals surface area contributed by atoms with Crippen LogP contribution in [-0.2, 0) is 9.53 Å². The molecule has 5 heteroatoms. The summed E-state index contributed by atoms with van der Waals surface area (Å²) < 4.78 is 4.99. The quantitative estimate of drug-likeness (QED) is 0.823. The number of para-hydroxylation sites is 1. The number of nitrogens with one attached hydrogen (secondary N) is 1. The molecule has 1 amide bonds. The first-order valence-corrected chi connectivity index (χ1v) is 7.74. The maximum atomic E-state index is 12.0. The number of carbonyl (C=O) groups excluding carboxylic acids is 2. The number of amides is 1. The Bertz CT molecular complexity index is 753. The third kappa shape index (κ3) is 4.35. The van der Waals surface area contributed by atoms with Gasteiger partial charge in [-0.15, -0.1) is 0 Å². The number of benzene rings is 2. The summed E-state index contributed by atoms with van der Waals surface area (Å²) in [5.74, 6) is -1.07. The molecule has 0 atom stereocenters. The van der Waals surface area contributed by atoms with E-state index >= 15 is 0 Å². The summed E-state index contributed by atoms with van der Waals surface area (Å²) in [5.41, 5.74) is 2.57. The average Bonchev–Trinajstić information content (AvgIpc) is 2.55. The monoisotopic (exact) mass is 327 g/mol. The molecule has 0 unspecified atom stereocenters. The summed E-state index contributed by atoms with van der Waals surface area (Å²) in [6, 6.07) is 12.1. The lowest BCUT2D eigenvalue weighted by molar-refractivity contribution is -0.119. The van der Waals surface area contributed by atoms with Gasteiger partial charge in [-0.25, -0.2) is 4.79 Å². The molecular weight excluding hydrogens is 306 g/mol. The summed E-state index contributed by atoms with van der Waals surface area (Å²) in [4.78, 5) is 24.0. The summed E-state index contributed by atoms with van der Waals surface area (Å²) >= 11 is 0. The van der Waals surface area contributed by atoms with Gasteiger partial charge in [0.15, 0.2) is 6.61 Å². The summed E-state index contributed by atoms with van der Waals surface area (Å²) in [6.07, 6.45) is 0. The molecule has 2 rings (SSSR count). The molecule has 5 nitrogen and oxygen atoms in total. The van der Waals surface area contributed by atoms with Crippen LogP contribution >= 0.6 is 0 Å². The molecule has 0 aliphatic heterocycles. The molecule has 0 spiro atoms. The number of hydrogen-bond acceptors (Lipinski definition) is 4. The van der Waals surface area contributed by atoms with E-state index in [1.54, 1.807) is 19.1 Å². The van der Waals surface area contributed by atoms with Crippen molar-refractivity contribution in [3.05, 3.63) is 59.2 Å². The minimum atomic E-state index is -0.733. The van der Waals surface area contributed by atoms with Gasteiger partial charge in [-0.2, -0.15) is 0 Å². The number of hydrogen-bond donors (Lipinski definition) is 2. The Morgan fingerprint density at radius 2 is 1.88 bits per heavy atom. The van der Waals surface area contributed by atoms with Gasteiger partial charge in [0.05, 0.1) is 0 Å². The van der Waals surface area contributed by atoms with Crippen molar-refractivity contribution in [2.45, 2.75) is 26.7 Å². The van der Waals surface area contributed by atoms with Gasteiger partial charge < -0.3 is 15.2 Å². The summed E-state index contributed by atoms with van der Waals surface area (Å²) in [7, 11) is 0. The van der Waals surface area contributed by atoms with Crippen molar-refractivity contribution in [1.29, 1.82) is 0 Å². The molecule has 2 N–H and O–H groups in total. The first-order chi connectivity index (χ1) is 11.4. The van der Waals surface area contributed by atoms with Crippen LogP contribution in [0, 0.1) is 6.92 Å².